The third-order valence-electron chi connectivity index (χ3n) is 3.79. The Morgan fingerprint density at radius 3 is 2.48 bits per heavy atom. The van der Waals surface area contributed by atoms with Gasteiger partial charge in [-0.25, -0.2) is 18.6 Å². The van der Waals surface area contributed by atoms with Gasteiger partial charge in [-0.15, -0.1) is 0 Å². The van der Waals surface area contributed by atoms with Crippen LogP contribution in [0.3, 0.4) is 0 Å². The minimum Gasteiger partial charge on any atom is -0.352 e. The van der Waals surface area contributed by atoms with E-state index in [4.69, 9.17) is 0 Å². The third-order valence-corrected chi connectivity index (χ3v) is 3.79. The van der Waals surface area contributed by atoms with Gasteiger partial charge in [0.05, 0.1) is 17.2 Å². The van der Waals surface area contributed by atoms with Crippen LogP contribution >= 0.6 is 0 Å². The van der Waals surface area contributed by atoms with Gasteiger partial charge in [-0.1, -0.05) is 0 Å². The normalized spacial score (nSPS) is 15.1. The van der Waals surface area contributed by atoms with Crippen molar-refractivity contribution < 1.29 is 13.6 Å². The smallest absolute Gasteiger partial charge is 0.317 e. The number of carbonyl (C=O) groups excluding carboxylic acids is 1. The van der Waals surface area contributed by atoms with Crippen LogP contribution in [0.25, 0.3) is 11.0 Å². The minimum absolute atomic E-state index is 0.0747. The van der Waals surface area contributed by atoms with Gasteiger partial charge in [0.15, 0.2) is 11.6 Å². The number of piperazine rings is 1. The quantitative estimate of drug-likeness (QED) is 0.915. The van der Waals surface area contributed by atoms with Crippen LogP contribution in [0.4, 0.5) is 19.4 Å². The largest absolute Gasteiger partial charge is 0.352 e. The van der Waals surface area contributed by atoms with Crippen LogP contribution < -0.4 is 10.2 Å². The maximum Gasteiger partial charge on any atom is 0.317 e. The van der Waals surface area contributed by atoms with Crippen LogP contribution in [0.1, 0.15) is 6.92 Å². The first-order chi connectivity index (χ1) is 11.1. The van der Waals surface area contributed by atoms with Gasteiger partial charge >= 0.3 is 6.03 Å². The molecule has 1 aromatic carbocycles. The number of hydrogen-bond acceptors (Lipinski definition) is 4. The fourth-order valence-electron chi connectivity index (χ4n) is 2.55. The van der Waals surface area contributed by atoms with Crippen molar-refractivity contribution in [2.24, 2.45) is 0 Å². The molecule has 0 aliphatic carbocycles. The second-order valence-electron chi connectivity index (χ2n) is 5.29. The van der Waals surface area contributed by atoms with E-state index in [2.05, 4.69) is 15.3 Å². The fourth-order valence-corrected chi connectivity index (χ4v) is 2.55. The second-order valence-corrected chi connectivity index (χ2v) is 5.29. The highest BCUT2D eigenvalue weighted by molar-refractivity contribution is 5.76. The van der Waals surface area contributed by atoms with E-state index in [1.807, 2.05) is 11.8 Å². The molecule has 0 spiro atoms. The molecule has 1 fully saturated rings. The number of anilines is 1. The molecule has 1 N–H and O–H groups in total. The average Bonchev–Trinajstić information content (AvgIpc) is 2.56. The van der Waals surface area contributed by atoms with Crippen LogP contribution in [0.15, 0.2) is 18.3 Å². The van der Waals surface area contributed by atoms with E-state index in [0.717, 1.165) is 12.1 Å². The van der Waals surface area contributed by atoms with Gasteiger partial charge in [-0.05, 0) is 6.92 Å². The molecule has 2 aromatic rings. The van der Waals surface area contributed by atoms with E-state index in [-0.39, 0.29) is 6.03 Å². The van der Waals surface area contributed by atoms with Crippen LogP contribution in [0, 0.1) is 11.6 Å². The predicted octanol–water partition coefficient (Wildman–Crippen LogP) is 1.76. The van der Waals surface area contributed by atoms with Crippen LogP contribution in [-0.2, 0) is 0 Å². The molecule has 3 rings (SSSR count). The summed E-state index contributed by atoms with van der Waals surface area (Å²) in [5.41, 5.74) is 0.626. The molecule has 0 saturated carbocycles. The molecule has 1 saturated heterocycles. The monoisotopic (exact) mass is 321 g/mol. The summed E-state index contributed by atoms with van der Waals surface area (Å²) in [7, 11) is 0. The number of benzene rings is 1. The SMILES string of the molecule is CCNC(=O)N1CCN(c2cnc3cc(F)c(F)cc3n2)CC1. The lowest BCUT2D eigenvalue weighted by atomic mass is 10.2. The van der Waals surface area contributed by atoms with Crippen molar-refractivity contribution in [1.82, 2.24) is 20.2 Å². The molecule has 122 valence electrons. The first-order valence-corrected chi connectivity index (χ1v) is 7.48. The summed E-state index contributed by atoms with van der Waals surface area (Å²) < 4.78 is 26.5. The van der Waals surface area contributed by atoms with Crippen molar-refractivity contribution >= 4 is 22.9 Å². The van der Waals surface area contributed by atoms with Crippen molar-refractivity contribution in [1.29, 1.82) is 0 Å². The van der Waals surface area contributed by atoms with E-state index in [1.54, 1.807) is 11.1 Å². The third kappa shape index (κ3) is 3.15. The minimum atomic E-state index is -0.940. The summed E-state index contributed by atoms with van der Waals surface area (Å²) in [6.07, 6.45) is 1.54. The Kier molecular flexibility index (Phi) is 4.22. The summed E-state index contributed by atoms with van der Waals surface area (Å²) >= 11 is 0. The van der Waals surface area contributed by atoms with Crippen LogP contribution in [0.2, 0.25) is 0 Å². The molecule has 23 heavy (non-hydrogen) atoms. The van der Waals surface area contributed by atoms with Crippen molar-refractivity contribution in [3.05, 3.63) is 30.0 Å². The lowest BCUT2D eigenvalue weighted by molar-refractivity contribution is 0.195. The Hall–Kier alpha value is -2.51. The fraction of sp³-hybridized carbons (Fsp3) is 0.400. The highest BCUT2D eigenvalue weighted by Gasteiger charge is 2.22. The van der Waals surface area contributed by atoms with Gasteiger partial charge in [0.2, 0.25) is 0 Å². The number of nitrogens with one attached hydrogen (secondary N) is 1. The second kappa shape index (κ2) is 6.31. The van der Waals surface area contributed by atoms with Crippen molar-refractivity contribution in [2.75, 3.05) is 37.6 Å². The zero-order valence-corrected chi connectivity index (χ0v) is 12.7. The van der Waals surface area contributed by atoms with E-state index in [0.29, 0.717) is 49.6 Å². The molecule has 0 radical (unpaired) electrons. The molecule has 2 amide bonds. The highest BCUT2D eigenvalue weighted by atomic mass is 19.2. The Morgan fingerprint density at radius 2 is 1.83 bits per heavy atom. The maximum atomic E-state index is 13.3. The number of urea groups is 1. The zero-order chi connectivity index (χ0) is 16.4. The number of fused-ring (bicyclic) bond motifs is 1. The number of carbonyl (C=O) groups is 1. The number of amides is 2. The number of rotatable bonds is 2. The van der Waals surface area contributed by atoms with Crippen molar-refractivity contribution in [3.8, 4) is 0 Å². The highest BCUT2D eigenvalue weighted by Crippen LogP contribution is 2.19. The molecule has 1 aliphatic heterocycles. The molecule has 0 unspecified atom stereocenters. The first-order valence-electron chi connectivity index (χ1n) is 7.48. The zero-order valence-electron chi connectivity index (χ0n) is 12.7. The Bertz CT molecular complexity index is 731. The summed E-state index contributed by atoms with van der Waals surface area (Å²) in [6.45, 7) is 4.84. The number of aromatic nitrogens is 2. The standard InChI is InChI=1S/C15H17F2N5O/c1-2-18-15(23)22-5-3-21(4-6-22)14-9-19-12-7-10(16)11(17)8-13(12)20-14/h7-9H,2-6H2,1H3,(H,18,23). The molecule has 2 heterocycles. The average molecular weight is 321 g/mol. The van der Waals surface area contributed by atoms with Crippen LogP contribution in [0.5, 0.6) is 0 Å². The Balaban J connectivity index is 1.74. The van der Waals surface area contributed by atoms with E-state index in [9.17, 15) is 13.6 Å². The molecule has 0 bridgehead atoms. The van der Waals surface area contributed by atoms with Crippen LogP contribution in [-0.4, -0.2) is 53.6 Å². The van der Waals surface area contributed by atoms with Gasteiger partial charge in [0, 0.05) is 44.9 Å². The van der Waals surface area contributed by atoms with E-state index >= 15 is 0 Å². The first kappa shape index (κ1) is 15.4. The van der Waals surface area contributed by atoms with E-state index in [1.165, 1.54) is 0 Å². The number of nitrogens with zero attached hydrogens (tertiary/aromatic N) is 4. The Morgan fingerprint density at radius 1 is 1.17 bits per heavy atom. The predicted molar refractivity (Wildman–Crippen MR) is 82.3 cm³/mol. The lowest BCUT2D eigenvalue weighted by Gasteiger charge is -2.35. The van der Waals surface area contributed by atoms with Gasteiger partial charge in [0.1, 0.15) is 5.82 Å². The number of hydrogen-bond donors (Lipinski definition) is 1. The summed E-state index contributed by atoms with van der Waals surface area (Å²) in [5.74, 6) is -1.28. The van der Waals surface area contributed by atoms with E-state index < -0.39 is 11.6 Å². The van der Waals surface area contributed by atoms with Gasteiger partial charge in [-0.2, -0.15) is 0 Å². The molecule has 0 atom stereocenters. The maximum absolute atomic E-state index is 13.3. The molecular formula is C15H17F2N5O. The summed E-state index contributed by atoms with van der Waals surface area (Å²) in [5, 5.41) is 2.77. The molecular weight excluding hydrogens is 304 g/mol. The summed E-state index contributed by atoms with van der Waals surface area (Å²) in [4.78, 5) is 24.0. The van der Waals surface area contributed by atoms with Gasteiger partial charge in [-0.3, -0.25) is 4.98 Å². The van der Waals surface area contributed by atoms with Gasteiger partial charge < -0.3 is 15.1 Å². The van der Waals surface area contributed by atoms with Gasteiger partial charge in [0.25, 0.3) is 0 Å². The molecule has 1 aliphatic rings. The topological polar surface area (TPSA) is 61.4 Å². The lowest BCUT2D eigenvalue weighted by Crippen LogP contribution is -2.52. The van der Waals surface area contributed by atoms with Crippen molar-refractivity contribution in [3.63, 3.8) is 0 Å². The molecule has 8 heteroatoms. The van der Waals surface area contributed by atoms with Crippen molar-refractivity contribution in [2.45, 2.75) is 6.92 Å². The summed E-state index contributed by atoms with van der Waals surface area (Å²) in [6, 6.07) is 2.01. The Labute approximate surface area is 132 Å². The molecule has 6 nitrogen and oxygen atoms in total. The molecule has 1 aromatic heterocycles. The number of halogens is 2.